The summed E-state index contributed by atoms with van der Waals surface area (Å²) in [7, 11) is -1.04. The molecular formula is C25H36N4O7Si. The number of ether oxygens (including phenoxy) is 3. The molecule has 37 heavy (non-hydrogen) atoms. The molecule has 0 bridgehead atoms. The molecule has 12 heteroatoms. The second kappa shape index (κ2) is 10.9. The number of methoxy groups -OCH3 is 1. The van der Waals surface area contributed by atoms with Crippen molar-refractivity contribution in [2.75, 3.05) is 18.6 Å². The van der Waals surface area contributed by atoms with Crippen LogP contribution in [-0.2, 0) is 32.0 Å². The van der Waals surface area contributed by atoms with Crippen LogP contribution in [0.5, 0.6) is 5.75 Å². The van der Waals surface area contributed by atoms with Crippen molar-refractivity contribution < 1.29 is 33.7 Å². The zero-order valence-electron chi connectivity index (χ0n) is 22.0. The maximum absolute atomic E-state index is 12.3. The Kier molecular flexibility index (Phi) is 8.02. The van der Waals surface area contributed by atoms with Crippen molar-refractivity contribution in [3.63, 3.8) is 0 Å². The Labute approximate surface area is 217 Å². The van der Waals surface area contributed by atoms with E-state index in [1.807, 2.05) is 38.3 Å². The van der Waals surface area contributed by atoms with Gasteiger partial charge in [-0.2, -0.15) is 0 Å². The number of carbonyl (C=O) groups is 2. The summed E-state index contributed by atoms with van der Waals surface area (Å²) in [4.78, 5) is 36.5. The molecule has 1 fully saturated rings. The van der Waals surface area contributed by atoms with E-state index in [-0.39, 0.29) is 42.6 Å². The van der Waals surface area contributed by atoms with Crippen molar-refractivity contribution in [1.82, 2.24) is 15.0 Å². The summed E-state index contributed by atoms with van der Waals surface area (Å²) in [6, 6.07) is 5.45. The molecule has 2 N–H and O–H groups in total. The van der Waals surface area contributed by atoms with Crippen LogP contribution in [0.1, 0.15) is 44.1 Å². The molecule has 1 aromatic carbocycles. The van der Waals surface area contributed by atoms with Gasteiger partial charge in [-0.3, -0.25) is 19.2 Å². The highest BCUT2D eigenvalue weighted by atomic mass is 28.4. The van der Waals surface area contributed by atoms with Crippen molar-refractivity contribution in [1.29, 1.82) is 0 Å². The summed E-state index contributed by atoms with van der Waals surface area (Å²) in [5.41, 5.74) is 2.04. The van der Waals surface area contributed by atoms with Gasteiger partial charge < -0.3 is 24.1 Å². The lowest BCUT2D eigenvalue weighted by Crippen LogP contribution is -2.55. The van der Waals surface area contributed by atoms with Gasteiger partial charge in [0.05, 0.1) is 18.2 Å². The Balaban J connectivity index is 1.57. The fourth-order valence-electron chi connectivity index (χ4n) is 5.37. The number of amides is 1. The van der Waals surface area contributed by atoms with E-state index in [4.69, 9.17) is 19.3 Å². The molecule has 1 aromatic heterocycles. The number of hydrogen-bond acceptors (Lipinski definition) is 9. The highest BCUT2D eigenvalue weighted by molar-refractivity contribution is 6.71. The number of rotatable bonds is 10. The molecule has 4 rings (SSSR count). The van der Waals surface area contributed by atoms with Crippen LogP contribution in [0.25, 0.3) is 0 Å². The monoisotopic (exact) mass is 532 g/mol. The number of aryl methyl sites for hydroxylation is 1. The maximum atomic E-state index is 12.3. The summed E-state index contributed by atoms with van der Waals surface area (Å²) < 4.78 is 19.5. The third-order valence-electron chi connectivity index (χ3n) is 7.23. The fourth-order valence-corrected chi connectivity index (χ4v) is 7.38. The Hall–Kier alpha value is -2.80. The van der Waals surface area contributed by atoms with Crippen molar-refractivity contribution in [2.24, 2.45) is 5.92 Å². The van der Waals surface area contributed by atoms with E-state index < -0.39 is 20.5 Å². The molecule has 0 aliphatic carbocycles. The SMILES string of the molecule is CO[C@@H]1c2cc(N3C(=O)CC3OC(C)=O)ccc2O[C@H](C(CCn2cc(CCO)nn2)[Si](C)(C)O)[C@H]1C. The number of anilines is 1. The van der Waals surface area contributed by atoms with E-state index in [9.17, 15) is 14.4 Å². The van der Waals surface area contributed by atoms with Gasteiger partial charge in [-0.25, -0.2) is 0 Å². The lowest BCUT2D eigenvalue weighted by molar-refractivity contribution is -0.153. The first-order valence-corrected chi connectivity index (χ1v) is 15.6. The molecule has 1 saturated heterocycles. The normalized spacial score (nSPS) is 24.2. The summed E-state index contributed by atoms with van der Waals surface area (Å²) in [6.07, 6.45) is 1.84. The van der Waals surface area contributed by atoms with Crippen molar-refractivity contribution in [3.05, 3.63) is 35.7 Å². The van der Waals surface area contributed by atoms with Crippen LogP contribution in [0.15, 0.2) is 24.4 Å². The molecule has 0 saturated carbocycles. The molecular weight excluding hydrogens is 496 g/mol. The van der Waals surface area contributed by atoms with Crippen molar-refractivity contribution in [3.8, 4) is 5.75 Å². The number of fused-ring (bicyclic) bond motifs is 1. The van der Waals surface area contributed by atoms with Gasteiger partial charge in [0, 0.05) is 62.5 Å². The van der Waals surface area contributed by atoms with E-state index in [0.717, 1.165) is 11.3 Å². The van der Waals surface area contributed by atoms with Crippen molar-refractivity contribution in [2.45, 2.75) is 76.7 Å². The summed E-state index contributed by atoms with van der Waals surface area (Å²) in [5.74, 6) is -0.00258. The number of benzene rings is 1. The topological polar surface area (TPSA) is 136 Å². The first kappa shape index (κ1) is 27.2. The molecule has 2 unspecified atom stereocenters. The zero-order chi connectivity index (χ0) is 26.9. The molecule has 2 aliphatic rings. The highest BCUT2D eigenvalue weighted by Gasteiger charge is 2.47. The predicted octanol–water partition coefficient (Wildman–Crippen LogP) is 2.18. The van der Waals surface area contributed by atoms with Crippen LogP contribution in [0, 0.1) is 5.92 Å². The van der Waals surface area contributed by atoms with E-state index in [1.54, 1.807) is 17.9 Å². The average Bonchev–Trinajstić information content (AvgIpc) is 3.25. The Morgan fingerprint density at radius 1 is 1.35 bits per heavy atom. The minimum Gasteiger partial charge on any atom is -0.490 e. The number of hydrogen-bond donors (Lipinski definition) is 2. The molecule has 2 aromatic rings. The van der Waals surface area contributed by atoms with Crippen LogP contribution in [-0.4, -0.2) is 71.1 Å². The minimum atomic E-state index is -2.68. The predicted molar refractivity (Wildman–Crippen MR) is 136 cm³/mol. The van der Waals surface area contributed by atoms with E-state index in [1.165, 1.54) is 11.8 Å². The number of carbonyl (C=O) groups excluding carboxylic acids is 2. The number of β-lactam (4-membered cyclic amide) rings is 1. The molecule has 3 heterocycles. The van der Waals surface area contributed by atoms with E-state index in [2.05, 4.69) is 10.3 Å². The molecule has 0 radical (unpaired) electrons. The first-order valence-electron chi connectivity index (χ1n) is 12.6. The van der Waals surface area contributed by atoms with Crippen molar-refractivity contribution >= 4 is 25.9 Å². The maximum Gasteiger partial charge on any atom is 0.304 e. The second-order valence-electron chi connectivity index (χ2n) is 10.3. The van der Waals surface area contributed by atoms with E-state index in [0.29, 0.717) is 30.8 Å². The molecule has 202 valence electrons. The smallest absolute Gasteiger partial charge is 0.304 e. The molecule has 0 spiro atoms. The molecule has 2 aliphatic heterocycles. The van der Waals surface area contributed by atoms with Gasteiger partial charge in [0.15, 0.2) is 14.5 Å². The second-order valence-corrected chi connectivity index (χ2v) is 14.4. The van der Waals surface area contributed by atoms with Gasteiger partial charge in [-0.05, 0) is 37.7 Å². The number of esters is 1. The Bertz CT molecular complexity index is 1130. The molecule has 5 atom stereocenters. The summed E-state index contributed by atoms with van der Waals surface area (Å²) >= 11 is 0. The fraction of sp³-hybridized carbons (Fsp3) is 0.600. The van der Waals surface area contributed by atoms with Crippen LogP contribution in [0.3, 0.4) is 0 Å². The Morgan fingerprint density at radius 3 is 2.73 bits per heavy atom. The average molecular weight is 533 g/mol. The molecule has 1 amide bonds. The largest absolute Gasteiger partial charge is 0.490 e. The van der Waals surface area contributed by atoms with Gasteiger partial charge in [-0.15, -0.1) is 5.10 Å². The van der Waals surface area contributed by atoms with Gasteiger partial charge in [-0.1, -0.05) is 12.1 Å². The summed E-state index contributed by atoms with van der Waals surface area (Å²) in [6.45, 7) is 7.78. The third kappa shape index (κ3) is 5.71. The standard InChI is InChI=1S/C25H36N4O7Si/c1-15-24(34-3)19-12-18(29-22(32)13-23(29)35-16(2)31)6-7-20(19)36-25(15)21(37(4,5)33)8-10-28-14-17(9-11-30)26-27-28/h6-7,12,14-15,21,23-25,30,33H,8-11,13H2,1-5H3/t15-,21?,23?,24-,25-/m0/s1. The number of aromatic nitrogens is 3. The van der Waals surface area contributed by atoms with Crippen LogP contribution >= 0.6 is 0 Å². The zero-order valence-corrected chi connectivity index (χ0v) is 23.0. The number of aliphatic hydroxyl groups is 1. The minimum absolute atomic E-state index is 0.0151. The van der Waals surface area contributed by atoms with Gasteiger partial charge in [0.1, 0.15) is 11.9 Å². The number of nitrogens with zero attached hydrogens (tertiary/aromatic N) is 4. The van der Waals surface area contributed by atoms with Gasteiger partial charge in [0.25, 0.3) is 0 Å². The quantitative estimate of drug-likeness (QED) is 0.268. The lowest BCUT2D eigenvalue weighted by atomic mass is 9.86. The Morgan fingerprint density at radius 2 is 2.11 bits per heavy atom. The lowest BCUT2D eigenvalue weighted by Gasteiger charge is -2.44. The highest BCUT2D eigenvalue weighted by Crippen LogP contribution is 2.48. The van der Waals surface area contributed by atoms with Gasteiger partial charge in [0.2, 0.25) is 5.91 Å². The van der Waals surface area contributed by atoms with Crippen LogP contribution in [0.2, 0.25) is 18.6 Å². The summed E-state index contributed by atoms with van der Waals surface area (Å²) in [5, 5.41) is 17.4. The first-order chi connectivity index (χ1) is 17.5. The third-order valence-corrected chi connectivity index (χ3v) is 9.66. The van der Waals surface area contributed by atoms with Crippen LogP contribution < -0.4 is 9.64 Å². The molecule has 11 nitrogen and oxygen atoms in total. The van der Waals surface area contributed by atoms with E-state index >= 15 is 0 Å². The van der Waals surface area contributed by atoms with Crippen LogP contribution in [0.4, 0.5) is 5.69 Å². The van der Waals surface area contributed by atoms with Gasteiger partial charge >= 0.3 is 5.97 Å². The number of aliphatic hydroxyl groups excluding tert-OH is 1.